The molecule has 0 fully saturated rings. The summed E-state index contributed by atoms with van der Waals surface area (Å²) in [4.78, 5) is 30.1. The number of thiazole rings is 1. The summed E-state index contributed by atoms with van der Waals surface area (Å²) in [6.45, 7) is 0.0277. The van der Waals surface area contributed by atoms with Gasteiger partial charge < -0.3 is 14.0 Å². The number of esters is 1. The number of nitrogens with zero attached hydrogens (tertiary/aromatic N) is 2. The molecule has 0 aliphatic heterocycles. The number of hydrogen-bond acceptors (Lipinski definition) is 6. The second kappa shape index (κ2) is 10.3. The number of thioether (sulfide) groups is 1. The van der Waals surface area contributed by atoms with E-state index in [4.69, 9.17) is 9.47 Å². The highest BCUT2D eigenvalue weighted by Crippen LogP contribution is 2.22. The number of carbonyl (C=O) groups is 2. The van der Waals surface area contributed by atoms with Gasteiger partial charge in [-0.2, -0.15) is 4.99 Å². The predicted octanol–water partition coefficient (Wildman–Crippen LogP) is 3.88. The molecule has 3 rings (SSSR count). The van der Waals surface area contributed by atoms with Crippen molar-refractivity contribution in [3.05, 3.63) is 53.3 Å². The Kier molecular flexibility index (Phi) is 7.48. The van der Waals surface area contributed by atoms with Crippen molar-refractivity contribution in [2.75, 3.05) is 20.0 Å². The van der Waals surface area contributed by atoms with E-state index >= 15 is 0 Å². The van der Waals surface area contributed by atoms with Crippen molar-refractivity contribution >= 4 is 45.2 Å². The Morgan fingerprint density at radius 2 is 1.86 bits per heavy atom. The average molecular weight is 431 g/mol. The topological polar surface area (TPSA) is 69.9 Å². The molecular weight excluding hydrogens is 408 g/mol. The quantitative estimate of drug-likeness (QED) is 0.308. The molecule has 8 heteroatoms. The highest BCUT2D eigenvalue weighted by atomic mass is 32.2. The standard InChI is InChI=1S/C21H22N2O4S2/c1-26-15-9-11-16(12-10-15)28-13-5-8-19(24)22-21-23(14-20(25)27-2)17-6-3-4-7-18(17)29-21/h3-4,6-7,9-12H,5,8,13-14H2,1-2H3. The number of fused-ring (bicyclic) bond motifs is 1. The molecule has 2 aromatic carbocycles. The van der Waals surface area contributed by atoms with E-state index in [2.05, 4.69) is 4.99 Å². The molecule has 3 aromatic rings. The molecule has 0 saturated carbocycles. The average Bonchev–Trinajstić information content (AvgIpc) is 3.08. The van der Waals surface area contributed by atoms with E-state index in [0.717, 1.165) is 33.0 Å². The molecule has 0 atom stereocenters. The van der Waals surface area contributed by atoms with E-state index in [1.54, 1.807) is 23.4 Å². The maximum Gasteiger partial charge on any atom is 0.325 e. The van der Waals surface area contributed by atoms with Crippen LogP contribution < -0.4 is 9.54 Å². The van der Waals surface area contributed by atoms with E-state index in [1.165, 1.54) is 18.4 Å². The molecule has 29 heavy (non-hydrogen) atoms. The molecule has 0 bridgehead atoms. The summed E-state index contributed by atoms with van der Waals surface area (Å²) in [5.74, 6) is 1.08. The van der Waals surface area contributed by atoms with Crippen LogP contribution in [0.2, 0.25) is 0 Å². The SMILES string of the molecule is COC(=O)Cn1c(=NC(=O)CCCSc2ccc(OC)cc2)sc2ccccc21. The van der Waals surface area contributed by atoms with Gasteiger partial charge in [-0.25, -0.2) is 0 Å². The first-order valence-electron chi connectivity index (χ1n) is 9.10. The van der Waals surface area contributed by atoms with Crippen molar-refractivity contribution in [2.24, 2.45) is 4.99 Å². The molecule has 6 nitrogen and oxygen atoms in total. The number of para-hydroxylation sites is 1. The Morgan fingerprint density at radius 1 is 1.10 bits per heavy atom. The van der Waals surface area contributed by atoms with Gasteiger partial charge in [0.25, 0.3) is 0 Å². The third-order valence-electron chi connectivity index (χ3n) is 4.19. The van der Waals surface area contributed by atoms with Crippen LogP contribution in [0.15, 0.2) is 58.4 Å². The number of amides is 1. The number of aromatic nitrogens is 1. The fraction of sp³-hybridized carbons (Fsp3) is 0.286. The van der Waals surface area contributed by atoms with E-state index in [1.807, 2.05) is 48.5 Å². The molecule has 0 N–H and O–H groups in total. The summed E-state index contributed by atoms with van der Waals surface area (Å²) in [6.07, 6.45) is 1.08. The van der Waals surface area contributed by atoms with Crippen LogP contribution in [-0.2, 0) is 20.9 Å². The number of hydrogen-bond donors (Lipinski definition) is 0. The number of carbonyl (C=O) groups excluding carboxylic acids is 2. The van der Waals surface area contributed by atoms with Crippen LogP contribution in [0.3, 0.4) is 0 Å². The van der Waals surface area contributed by atoms with Crippen molar-refractivity contribution in [3.63, 3.8) is 0 Å². The second-order valence-corrected chi connectivity index (χ2v) is 8.33. The van der Waals surface area contributed by atoms with Gasteiger partial charge in [-0.1, -0.05) is 23.5 Å². The summed E-state index contributed by atoms with van der Waals surface area (Å²) < 4.78 is 12.6. The predicted molar refractivity (Wildman–Crippen MR) is 115 cm³/mol. The molecule has 0 unspecified atom stereocenters. The Morgan fingerprint density at radius 3 is 2.59 bits per heavy atom. The van der Waals surface area contributed by atoms with Crippen LogP contribution in [0.4, 0.5) is 0 Å². The van der Waals surface area contributed by atoms with Crippen molar-refractivity contribution in [1.82, 2.24) is 4.57 Å². The van der Waals surface area contributed by atoms with Gasteiger partial charge in [0.2, 0.25) is 5.91 Å². The third kappa shape index (κ3) is 5.71. The zero-order chi connectivity index (χ0) is 20.6. The first kappa shape index (κ1) is 21.1. The van der Waals surface area contributed by atoms with Gasteiger partial charge in [0.05, 0.1) is 24.4 Å². The fourth-order valence-corrected chi connectivity index (χ4v) is 4.60. The number of rotatable bonds is 8. The fourth-order valence-electron chi connectivity index (χ4n) is 2.70. The zero-order valence-electron chi connectivity index (χ0n) is 16.3. The molecule has 0 spiro atoms. The lowest BCUT2D eigenvalue weighted by Crippen LogP contribution is -2.22. The monoisotopic (exact) mass is 430 g/mol. The second-order valence-electron chi connectivity index (χ2n) is 6.15. The molecule has 0 saturated heterocycles. The summed E-state index contributed by atoms with van der Waals surface area (Å²) in [5.41, 5.74) is 0.865. The molecule has 0 aliphatic rings. The molecule has 0 aliphatic carbocycles. The minimum atomic E-state index is -0.377. The van der Waals surface area contributed by atoms with Crippen LogP contribution in [0.1, 0.15) is 12.8 Å². The number of methoxy groups -OCH3 is 2. The molecule has 1 heterocycles. The smallest absolute Gasteiger partial charge is 0.325 e. The Bertz CT molecular complexity index is 1050. The van der Waals surface area contributed by atoms with Gasteiger partial charge in [-0.3, -0.25) is 9.59 Å². The van der Waals surface area contributed by atoms with Gasteiger partial charge in [0, 0.05) is 11.3 Å². The summed E-state index contributed by atoms with van der Waals surface area (Å²) >= 11 is 3.09. The van der Waals surface area contributed by atoms with Crippen LogP contribution >= 0.6 is 23.1 Å². The molecule has 152 valence electrons. The highest BCUT2D eigenvalue weighted by Gasteiger charge is 2.11. The maximum atomic E-state index is 12.4. The van der Waals surface area contributed by atoms with E-state index in [-0.39, 0.29) is 18.4 Å². The summed E-state index contributed by atoms with van der Waals surface area (Å²) in [6, 6.07) is 15.5. The van der Waals surface area contributed by atoms with Crippen molar-refractivity contribution in [2.45, 2.75) is 24.3 Å². The van der Waals surface area contributed by atoms with Gasteiger partial charge in [0.1, 0.15) is 12.3 Å². The van der Waals surface area contributed by atoms with Gasteiger partial charge in [-0.05, 0) is 48.6 Å². The summed E-state index contributed by atoms with van der Waals surface area (Å²) in [7, 11) is 2.99. The lowest BCUT2D eigenvalue weighted by atomic mass is 10.3. The highest BCUT2D eigenvalue weighted by molar-refractivity contribution is 7.99. The lowest BCUT2D eigenvalue weighted by Gasteiger charge is -2.04. The van der Waals surface area contributed by atoms with Crippen molar-refractivity contribution < 1.29 is 19.1 Å². The third-order valence-corrected chi connectivity index (χ3v) is 6.34. The van der Waals surface area contributed by atoms with Gasteiger partial charge >= 0.3 is 5.97 Å². The van der Waals surface area contributed by atoms with Crippen LogP contribution in [0.25, 0.3) is 10.2 Å². The molecule has 1 aromatic heterocycles. The van der Waals surface area contributed by atoms with Crippen LogP contribution in [0.5, 0.6) is 5.75 Å². The van der Waals surface area contributed by atoms with E-state index < -0.39 is 0 Å². The van der Waals surface area contributed by atoms with E-state index in [0.29, 0.717) is 11.2 Å². The minimum absolute atomic E-state index is 0.0277. The Labute approximate surface area is 177 Å². The first-order valence-corrected chi connectivity index (χ1v) is 10.9. The maximum absolute atomic E-state index is 12.4. The molecule has 0 radical (unpaired) electrons. The van der Waals surface area contributed by atoms with Crippen LogP contribution in [0, 0.1) is 0 Å². The van der Waals surface area contributed by atoms with E-state index in [9.17, 15) is 9.59 Å². The zero-order valence-corrected chi connectivity index (χ0v) is 17.9. The Hall–Kier alpha value is -2.58. The lowest BCUT2D eigenvalue weighted by molar-refractivity contribution is -0.141. The molecule has 1 amide bonds. The van der Waals surface area contributed by atoms with Gasteiger partial charge in [0.15, 0.2) is 4.80 Å². The van der Waals surface area contributed by atoms with Crippen molar-refractivity contribution in [1.29, 1.82) is 0 Å². The van der Waals surface area contributed by atoms with Crippen LogP contribution in [-0.4, -0.2) is 36.4 Å². The largest absolute Gasteiger partial charge is 0.497 e. The molecular formula is C21H22N2O4S2. The first-order chi connectivity index (χ1) is 14.1. The Balaban J connectivity index is 1.64. The number of ether oxygens (including phenoxy) is 2. The summed E-state index contributed by atoms with van der Waals surface area (Å²) in [5, 5.41) is 0. The van der Waals surface area contributed by atoms with Crippen molar-refractivity contribution in [3.8, 4) is 5.75 Å². The normalized spacial score (nSPS) is 11.6. The number of benzene rings is 2. The minimum Gasteiger partial charge on any atom is -0.497 e. The van der Waals surface area contributed by atoms with Gasteiger partial charge in [-0.15, -0.1) is 11.8 Å².